The number of nitrogens with zero attached hydrogens (tertiary/aromatic N) is 3. The van der Waals surface area contributed by atoms with E-state index < -0.39 is 22.7 Å². The molecule has 4 aromatic rings. The van der Waals surface area contributed by atoms with Crippen molar-refractivity contribution in [1.29, 1.82) is 0 Å². The summed E-state index contributed by atoms with van der Waals surface area (Å²) in [6.07, 6.45) is 5.77. The topological polar surface area (TPSA) is 141 Å². The lowest BCUT2D eigenvalue weighted by molar-refractivity contribution is -0.123. The van der Waals surface area contributed by atoms with Crippen molar-refractivity contribution in [2.24, 2.45) is 11.7 Å². The van der Waals surface area contributed by atoms with Crippen LogP contribution in [0.5, 0.6) is 11.6 Å². The zero-order valence-electron chi connectivity index (χ0n) is 24.9. The second kappa shape index (κ2) is 10.00. The highest BCUT2D eigenvalue weighted by Crippen LogP contribution is 2.50. The van der Waals surface area contributed by atoms with Gasteiger partial charge in [-0.3, -0.25) is 9.59 Å². The van der Waals surface area contributed by atoms with Crippen LogP contribution in [0.25, 0.3) is 16.8 Å². The molecule has 0 saturated heterocycles. The van der Waals surface area contributed by atoms with Crippen molar-refractivity contribution in [3.63, 3.8) is 0 Å². The average Bonchev–Trinajstić information content (AvgIpc) is 3.91. The third kappa shape index (κ3) is 4.89. The number of rotatable bonds is 10. The van der Waals surface area contributed by atoms with Gasteiger partial charge in [0.2, 0.25) is 11.8 Å². The molecule has 4 heterocycles. The Morgan fingerprint density at radius 2 is 1.89 bits per heavy atom. The highest BCUT2D eigenvalue weighted by Gasteiger charge is 2.50. The first-order valence-electron chi connectivity index (χ1n) is 15.6. The third-order valence-electron chi connectivity index (χ3n) is 9.57. The number of aromatic nitrogens is 3. The van der Waals surface area contributed by atoms with E-state index in [9.17, 15) is 19.1 Å². The molecule has 4 aliphatic rings. The summed E-state index contributed by atoms with van der Waals surface area (Å²) in [6.45, 7) is 1.59. The van der Waals surface area contributed by atoms with Crippen LogP contribution in [0.1, 0.15) is 78.7 Å². The summed E-state index contributed by atoms with van der Waals surface area (Å²) < 4.78 is 27.7. The minimum atomic E-state index is -1.55. The van der Waals surface area contributed by atoms with Gasteiger partial charge in [0, 0.05) is 28.7 Å². The number of nitrogens with one attached hydrogen (secondary N) is 1. The van der Waals surface area contributed by atoms with Gasteiger partial charge in [-0.05, 0) is 93.8 Å². The number of aliphatic hydroxyl groups is 1. The molecular weight excluding hydrogens is 577 g/mol. The first-order valence-corrected chi connectivity index (χ1v) is 15.6. The standard InChI is InChI=1S/C34H34FN5O5/c1-33(32(36)42)17-44-30-25(33)15-27(38-29(30)19-4-8-22(35)9-5-19)34(43,21-6-7-21)16-37-31(41)20-12-23-14-26(18-2-3-18)39-40(23)28(13-20)45-24-10-11-24/h4-5,8-9,12-15,18,21,24,43H,2-3,6-7,10-11,16-17H2,1H3,(H2,36,42)(H,37,41)/t33-,34?/m0/s1. The van der Waals surface area contributed by atoms with E-state index in [4.69, 9.17) is 25.3 Å². The van der Waals surface area contributed by atoms with E-state index in [0.717, 1.165) is 49.7 Å². The zero-order chi connectivity index (χ0) is 31.1. The van der Waals surface area contributed by atoms with E-state index in [-0.39, 0.29) is 31.1 Å². The van der Waals surface area contributed by atoms with Crippen LogP contribution in [0.2, 0.25) is 0 Å². The number of ether oxygens (including phenoxy) is 2. The Hall–Kier alpha value is -4.51. The Kier molecular flexibility index (Phi) is 6.22. The van der Waals surface area contributed by atoms with E-state index in [1.807, 2.05) is 6.07 Å². The van der Waals surface area contributed by atoms with Gasteiger partial charge in [0.15, 0.2) is 0 Å². The fourth-order valence-electron chi connectivity index (χ4n) is 6.17. The molecule has 0 spiro atoms. The summed E-state index contributed by atoms with van der Waals surface area (Å²) in [5.74, 6) is -0.163. The van der Waals surface area contributed by atoms with Crippen LogP contribution in [0, 0.1) is 11.7 Å². The Balaban J connectivity index is 1.14. The van der Waals surface area contributed by atoms with Gasteiger partial charge in [-0.15, -0.1) is 0 Å². The first-order chi connectivity index (χ1) is 21.6. The van der Waals surface area contributed by atoms with Gasteiger partial charge in [0.25, 0.3) is 5.91 Å². The Morgan fingerprint density at radius 3 is 2.56 bits per heavy atom. The molecule has 8 rings (SSSR count). The number of amides is 2. The Morgan fingerprint density at radius 1 is 1.13 bits per heavy atom. The summed E-state index contributed by atoms with van der Waals surface area (Å²) in [7, 11) is 0. The molecule has 3 fully saturated rings. The number of hydrogen-bond acceptors (Lipinski definition) is 7. The molecule has 2 atom stereocenters. The van der Waals surface area contributed by atoms with E-state index in [1.165, 1.54) is 12.1 Å². The van der Waals surface area contributed by atoms with E-state index in [0.29, 0.717) is 45.6 Å². The minimum Gasteiger partial charge on any atom is -0.489 e. The van der Waals surface area contributed by atoms with Crippen LogP contribution in [-0.4, -0.2) is 50.8 Å². The molecule has 3 aromatic heterocycles. The van der Waals surface area contributed by atoms with Crippen molar-refractivity contribution in [2.75, 3.05) is 13.2 Å². The zero-order valence-corrected chi connectivity index (χ0v) is 24.9. The number of nitrogens with two attached hydrogens (primary N) is 1. The predicted molar refractivity (Wildman–Crippen MR) is 161 cm³/mol. The molecular formula is C34H34FN5O5. The molecule has 232 valence electrons. The molecule has 45 heavy (non-hydrogen) atoms. The lowest BCUT2D eigenvalue weighted by Crippen LogP contribution is -2.44. The number of halogens is 1. The number of carbonyl (C=O) groups excluding carboxylic acids is 2. The van der Waals surface area contributed by atoms with E-state index in [2.05, 4.69) is 5.32 Å². The molecule has 1 aliphatic heterocycles. The number of fused-ring (bicyclic) bond motifs is 2. The van der Waals surface area contributed by atoms with Crippen molar-refractivity contribution in [3.05, 3.63) is 76.9 Å². The highest BCUT2D eigenvalue weighted by atomic mass is 19.1. The van der Waals surface area contributed by atoms with Gasteiger partial charge in [-0.25, -0.2) is 13.9 Å². The van der Waals surface area contributed by atoms with Crippen molar-refractivity contribution < 1.29 is 28.6 Å². The largest absolute Gasteiger partial charge is 0.489 e. The van der Waals surface area contributed by atoms with E-state index in [1.54, 1.807) is 41.8 Å². The number of pyridine rings is 2. The van der Waals surface area contributed by atoms with Crippen molar-refractivity contribution >= 4 is 17.3 Å². The van der Waals surface area contributed by atoms with Crippen molar-refractivity contribution in [2.45, 2.75) is 68.5 Å². The predicted octanol–water partition coefficient (Wildman–Crippen LogP) is 4.12. The van der Waals surface area contributed by atoms with Gasteiger partial charge >= 0.3 is 0 Å². The molecule has 3 aliphatic carbocycles. The lowest BCUT2D eigenvalue weighted by atomic mass is 9.81. The fourth-order valence-corrected chi connectivity index (χ4v) is 6.17. The van der Waals surface area contributed by atoms with E-state index >= 15 is 0 Å². The quantitative estimate of drug-likeness (QED) is 0.245. The van der Waals surface area contributed by atoms with Crippen LogP contribution in [0.3, 0.4) is 0 Å². The molecule has 1 unspecified atom stereocenters. The number of hydrogen-bond donors (Lipinski definition) is 3. The molecule has 1 aromatic carbocycles. The highest BCUT2D eigenvalue weighted by molar-refractivity contribution is 5.96. The minimum absolute atomic E-state index is 0.0143. The lowest BCUT2D eigenvalue weighted by Gasteiger charge is -2.30. The Bertz CT molecular complexity index is 1860. The maximum Gasteiger partial charge on any atom is 0.251 e. The van der Waals surface area contributed by atoms with Gasteiger partial charge in [-0.1, -0.05) is 0 Å². The van der Waals surface area contributed by atoms with Crippen LogP contribution in [0.4, 0.5) is 4.39 Å². The SMILES string of the molecule is C[C@]1(C(N)=O)COc2c1cc(C(O)(CNC(=O)c1cc(OC3CC3)n3nc(C4CC4)cc3c1)C1CC1)nc2-c1ccc(F)cc1. The molecule has 0 bridgehead atoms. The second-order valence-corrected chi connectivity index (χ2v) is 13.2. The molecule has 0 radical (unpaired) electrons. The molecule has 2 amide bonds. The summed E-state index contributed by atoms with van der Waals surface area (Å²) in [5, 5.41) is 20.0. The summed E-state index contributed by atoms with van der Waals surface area (Å²) >= 11 is 0. The summed E-state index contributed by atoms with van der Waals surface area (Å²) in [4.78, 5) is 31.1. The maximum absolute atomic E-state index is 13.8. The number of carbonyl (C=O) groups is 2. The third-order valence-corrected chi connectivity index (χ3v) is 9.57. The van der Waals surface area contributed by atoms with Gasteiger partial charge in [-0.2, -0.15) is 5.10 Å². The second-order valence-electron chi connectivity index (χ2n) is 13.2. The van der Waals surface area contributed by atoms with Gasteiger partial charge in [0.05, 0.1) is 23.4 Å². The van der Waals surface area contributed by atoms with Crippen molar-refractivity contribution in [1.82, 2.24) is 19.9 Å². The molecule has 3 saturated carbocycles. The summed E-state index contributed by atoms with van der Waals surface area (Å²) in [6, 6.07) is 13.0. The van der Waals surface area contributed by atoms with Gasteiger partial charge in [0.1, 0.15) is 41.0 Å². The smallest absolute Gasteiger partial charge is 0.251 e. The Labute approximate surface area is 258 Å². The van der Waals surface area contributed by atoms with Gasteiger partial charge < -0.3 is 25.6 Å². The van der Waals surface area contributed by atoms with Crippen LogP contribution < -0.4 is 20.5 Å². The summed E-state index contributed by atoms with van der Waals surface area (Å²) in [5.41, 5.74) is 7.05. The van der Waals surface area contributed by atoms with Crippen LogP contribution >= 0.6 is 0 Å². The van der Waals surface area contributed by atoms with Crippen LogP contribution in [-0.2, 0) is 15.8 Å². The van der Waals surface area contributed by atoms with Crippen molar-refractivity contribution in [3.8, 4) is 22.9 Å². The molecule has 10 nitrogen and oxygen atoms in total. The van der Waals surface area contributed by atoms with Crippen LogP contribution in [0.15, 0.2) is 48.5 Å². The fraction of sp³-hybridized carbons (Fsp3) is 0.412. The molecule has 4 N–H and O–H groups in total. The number of primary amides is 1. The normalized spacial score (nSPS) is 22.0. The number of benzene rings is 1. The monoisotopic (exact) mass is 611 g/mol. The average molecular weight is 612 g/mol. The first kappa shape index (κ1) is 28.0. The molecule has 11 heteroatoms. The maximum atomic E-state index is 13.8.